The van der Waals surface area contributed by atoms with Crippen LogP contribution in [0.2, 0.25) is 5.02 Å². The number of hydrogen-bond acceptors (Lipinski definition) is 2. The van der Waals surface area contributed by atoms with Crippen LogP contribution in [0, 0.1) is 0 Å². The quantitative estimate of drug-likeness (QED) is 0.913. The second-order valence-corrected chi connectivity index (χ2v) is 5.15. The Balaban J connectivity index is 2.13. The Bertz CT molecular complexity index is 594. The molecule has 0 atom stereocenters. The lowest BCUT2D eigenvalue weighted by Crippen LogP contribution is -2.29. The number of ether oxygens (including phenoxy) is 1. The molecule has 1 N–H and O–H groups in total. The number of carbonyl (C=O) groups excluding carboxylic acids is 1. The van der Waals surface area contributed by atoms with E-state index in [9.17, 15) is 4.79 Å². The minimum Gasteiger partial charge on any atom is -0.457 e. The highest BCUT2D eigenvalue weighted by atomic mass is 35.5. The molecule has 0 aromatic heterocycles. The van der Waals surface area contributed by atoms with Gasteiger partial charge in [0.05, 0.1) is 0 Å². The summed E-state index contributed by atoms with van der Waals surface area (Å²) in [6, 6.07) is 14.2. The van der Waals surface area contributed by atoms with Gasteiger partial charge in [-0.15, -0.1) is 0 Å². The van der Waals surface area contributed by atoms with Crippen molar-refractivity contribution in [1.82, 2.24) is 5.32 Å². The molecule has 0 radical (unpaired) electrons. The smallest absolute Gasteiger partial charge is 0.251 e. The normalized spacial score (nSPS) is 10.4. The Kier molecular flexibility index (Phi) is 4.64. The second-order valence-electron chi connectivity index (χ2n) is 4.71. The molecule has 0 aliphatic carbocycles. The number of hydrogen-bond donors (Lipinski definition) is 1. The van der Waals surface area contributed by atoms with Gasteiger partial charge in [-0.05, 0) is 56.3 Å². The molecule has 4 heteroatoms. The molecule has 3 nitrogen and oxygen atoms in total. The van der Waals surface area contributed by atoms with Crippen LogP contribution in [-0.4, -0.2) is 11.9 Å². The van der Waals surface area contributed by atoms with Crippen molar-refractivity contribution in [1.29, 1.82) is 0 Å². The number of benzene rings is 2. The van der Waals surface area contributed by atoms with Crippen LogP contribution in [0.3, 0.4) is 0 Å². The number of rotatable bonds is 4. The molecule has 0 spiro atoms. The lowest BCUT2D eigenvalue weighted by molar-refractivity contribution is 0.0943. The monoisotopic (exact) mass is 289 g/mol. The average molecular weight is 290 g/mol. The molecule has 0 aliphatic heterocycles. The van der Waals surface area contributed by atoms with E-state index < -0.39 is 0 Å². The molecule has 2 aromatic carbocycles. The van der Waals surface area contributed by atoms with E-state index in [1.807, 2.05) is 13.8 Å². The van der Waals surface area contributed by atoms with Crippen molar-refractivity contribution in [3.63, 3.8) is 0 Å². The fraction of sp³-hybridized carbons (Fsp3) is 0.188. The minimum absolute atomic E-state index is 0.100. The molecule has 0 unspecified atom stereocenters. The number of amides is 1. The summed E-state index contributed by atoms with van der Waals surface area (Å²) in [4.78, 5) is 11.9. The van der Waals surface area contributed by atoms with Crippen molar-refractivity contribution in [2.75, 3.05) is 0 Å². The van der Waals surface area contributed by atoms with Crippen LogP contribution in [0.25, 0.3) is 0 Å². The van der Waals surface area contributed by atoms with Gasteiger partial charge in [0.1, 0.15) is 11.5 Å². The summed E-state index contributed by atoms with van der Waals surface area (Å²) in [5.41, 5.74) is 0.574. The lowest BCUT2D eigenvalue weighted by Gasteiger charge is -2.10. The highest BCUT2D eigenvalue weighted by Crippen LogP contribution is 2.23. The summed E-state index contributed by atoms with van der Waals surface area (Å²) in [6.07, 6.45) is 0. The summed E-state index contributed by atoms with van der Waals surface area (Å²) < 4.78 is 5.69. The van der Waals surface area contributed by atoms with E-state index in [2.05, 4.69) is 5.32 Å². The molecule has 2 aromatic rings. The standard InChI is InChI=1S/C16H16ClNO2/c1-11(2)18-16(19)12-4-3-5-15(10-12)20-14-8-6-13(17)7-9-14/h3-11H,1-2H3,(H,18,19). The van der Waals surface area contributed by atoms with E-state index in [0.29, 0.717) is 22.1 Å². The van der Waals surface area contributed by atoms with E-state index in [-0.39, 0.29) is 11.9 Å². The SMILES string of the molecule is CC(C)NC(=O)c1cccc(Oc2ccc(Cl)cc2)c1. The number of nitrogens with one attached hydrogen (secondary N) is 1. The van der Waals surface area contributed by atoms with Crippen molar-refractivity contribution < 1.29 is 9.53 Å². The van der Waals surface area contributed by atoms with E-state index in [1.54, 1.807) is 48.5 Å². The fourth-order valence-electron chi connectivity index (χ4n) is 1.69. The van der Waals surface area contributed by atoms with Gasteiger partial charge in [0, 0.05) is 16.6 Å². The first-order valence-electron chi connectivity index (χ1n) is 6.39. The molecule has 0 bridgehead atoms. The van der Waals surface area contributed by atoms with Crippen molar-refractivity contribution in [2.45, 2.75) is 19.9 Å². The van der Waals surface area contributed by atoms with Gasteiger partial charge in [-0.25, -0.2) is 0 Å². The zero-order chi connectivity index (χ0) is 14.5. The Hall–Kier alpha value is -2.00. The number of carbonyl (C=O) groups is 1. The Morgan fingerprint density at radius 2 is 1.80 bits per heavy atom. The van der Waals surface area contributed by atoms with Crippen LogP contribution in [0.4, 0.5) is 0 Å². The lowest BCUT2D eigenvalue weighted by atomic mass is 10.2. The van der Waals surface area contributed by atoms with E-state index in [0.717, 1.165) is 0 Å². The molecule has 0 saturated carbocycles. The van der Waals surface area contributed by atoms with Crippen LogP contribution in [0.5, 0.6) is 11.5 Å². The van der Waals surface area contributed by atoms with Gasteiger partial charge in [0.25, 0.3) is 5.91 Å². The average Bonchev–Trinajstić information content (AvgIpc) is 2.41. The predicted octanol–water partition coefficient (Wildman–Crippen LogP) is 4.27. The summed E-state index contributed by atoms with van der Waals surface area (Å²) >= 11 is 5.82. The van der Waals surface area contributed by atoms with Crippen LogP contribution in [-0.2, 0) is 0 Å². The van der Waals surface area contributed by atoms with E-state index in [1.165, 1.54) is 0 Å². The first-order chi connectivity index (χ1) is 9.54. The van der Waals surface area contributed by atoms with Crippen molar-refractivity contribution in [3.05, 3.63) is 59.1 Å². The molecule has 0 aliphatic rings. The third-order valence-electron chi connectivity index (χ3n) is 2.57. The Labute approximate surface area is 123 Å². The molecular weight excluding hydrogens is 274 g/mol. The van der Waals surface area contributed by atoms with Gasteiger partial charge in [0.2, 0.25) is 0 Å². The first kappa shape index (κ1) is 14.4. The minimum atomic E-state index is -0.110. The summed E-state index contributed by atoms with van der Waals surface area (Å²) in [5.74, 6) is 1.18. The summed E-state index contributed by atoms with van der Waals surface area (Å²) in [5, 5.41) is 3.50. The molecule has 0 heterocycles. The summed E-state index contributed by atoms with van der Waals surface area (Å²) in [7, 11) is 0. The zero-order valence-corrected chi connectivity index (χ0v) is 12.1. The zero-order valence-electron chi connectivity index (χ0n) is 11.4. The maximum atomic E-state index is 11.9. The number of halogens is 1. The fourth-order valence-corrected chi connectivity index (χ4v) is 1.81. The van der Waals surface area contributed by atoms with Crippen molar-refractivity contribution in [3.8, 4) is 11.5 Å². The van der Waals surface area contributed by atoms with Crippen LogP contribution >= 0.6 is 11.6 Å². The third-order valence-corrected chi connectivity index (χ3v) is 2.82. The van der Waals surface area contributed by atoms with Gasteiger partial charge in [0.15, 0.2) is 0 Å². The Morgan fingerprint density at radius 3 is 2.45 bits per heavy atom. The Morgan fingerprint density at radius 1 is 1.10 bits per heavy atom. The van der Waals surface area contributed by atoms with E-state index >= 15 is 0 Å². The maximum absolute atomic E-state index is 11.9. The third kappa shape index (κ3) is 4.00. The van der Waals surface area contributed by atoms with Gasteiger partial charge in [-0.3, -0.25) is 4.79 Å². The topological polar surface area (TPSA) is 38.3 Å². The van der Waals surface area contributed by atoms with Crippen molar-refractivity contribution in [2.24, 2.45) is 0 Å². The molecule has 2 rings (SSSR count). The largest absolute Gasteiger partial charge is 0.457 e. The van der Waals surface area contributed by atoms with Crippen LogP contribution in [0.1, 0.15) is 24.2 Å². The summed E-state index contributed by atoms with van der Waals surface area (Å²) in [6.45, 7) is 3.85. The van der Waals surface area contributed by atoms with Gasteiger partial charge >= 0.3 is 0 Å². The van der Waals surface area contributed by atoms with Gasteiger partial charge in [-0.1, -0.05) is 17.7 Å². The van der Waals surface area contributed by atoms with Gasteiger partial charge < -0.3 is 10.1 Å². The van der Waals surface area contributed by atoms with Crippen molar-refractivity contribution >= 4 is 17.5 Å². The second kappa shape index (κ2) is 6.44. The highest BCUT2D eigenvalue weighted by molar-refractivity contribution is 6.30. The molecular formula is C16H16ClNO2. The molecule has 0 saturated heterocycles. The first-order valence-corrected chi connectivity index (χ1v) is 6.77. The maximum Gasteiger partial charge on any atom is 0.251 e. The molecule has 1 amide bonds. The van der Waals surface area contributed by atoms with Crippen LogP contribution < -0.4 is 10.1 Å². The molecule has 0 fully saturated rings. The highest BCUT2D eigenvalue weighted by Gasteiger charge is 2.08. The molecule has 104 valence electrons. The van der Waals surface area contributed by atoms with E-state index in [4.69, 9.17) is 16.3 Å². The predicted molar refractivity (Wildman–Crippen MR) is 80.6 cm³/mol. The van der Waals surface area contributed by atoms with Crippen LogP contribution in [0.15, 0.2) is 48.5 Å². The molecule has 20 heavy (non-hydrogen) atoms. The van der Waals surface area contributed by atoms with Gasteiger partial charge in [-0.2, -0.15) is 0 Å².